The van der Waals surface area contributed by atoms with Gasteiger partial charge in [-0.15, -0.1) is 24.0 Å². The van der Waals surface area contributed by atoms with Crippen molar-refractivity contribution in [2.75, 3.05) is 19.7 Å². The van der Waals surface area contributed by atoms with Gasteiger partial charge in [0.05, 0.1) is 12.6 Å². The number of guanidine groups is 1. The fraction of sp³-hybridized carbons (Fsp3) is 0.733. The van der Waals surface area contributed by atoms with Gasteiger partial charge in [-0.2, -0.15) is 0 Å². The van der Waals surface area contributed by atoms with Crippen molar-refractivity contribution in [1.82, 2.24) is 15.8 Å². The minimum atomic E-state index is 0. The summed E-state index contributed by atoms with van der Waals surface area (Å²) >= 11 is 0. The van der Waals surface area contributed by atoms with Crippen LogP contribution in [0.15, 0.2) is 21.8 Å². The third-order valence-corrected chi connectivity index (χ3v) is 3.08. The Balaban J connectivity index is 0.00000441. The van der Waals surface area contributed by atoms with Gasteiger partial charge in [-0.1, -0.05) is 19.0 Å². The summed E-state index contributed by atoms with van der Waals surface area (Å²) in [5.41, 5.74) is 0.821. The van der Waals surface area contributed by atoms with Gasteiger partial charge in [0.15, 0.2) is 5.96 Å². The first-order valence-electron chi connectivity index (χ1n) is 7.70. The summed E-state index contributed by atoms with van der Waals surface area (Å²) in [5.74, 6) is 1.31. The third kappa shape index (κ3) is 8.57. The molecular formula is C15H29IN4O2. The van der Waals surface area contributed by atoms with Gasteiger partial charge in [0, 0.05) is 25.8 Å². The van der Waals surface area contributed by atoms with E-state index in [-0.39, 0.29) is 30.1 Å². The van der Waals surface area contributed by atoms with E-state index in [1.165, 1.54) is 0 Å². The van der Waals surface area contributed by atoms with Crippen molar-refractivity contribution < 1.29 is 9.26 Å². The number of hydrogen-bond donors (Lipinski definition) is 2. The predicted octanol–water partition coefficient (Wildman–Crippen LogP) is 2.80. The molecule has 0 aliphatic carbocycles. The van der Waals surface area contributed by atoms with E-state index in [1.807, 2.05) is 19.9 Å². The van der Waals surface area contributed by atoms with Crippen molar-refractivity contribution in [2.45, 2.75) is 46.8 Å². The Morgan fingerprint density at radius 1 is 1.36 bits per heavy atom. The molecule has 0 saturated carbocycles. The van der Waals surface area contributed by atoms with Crippen LogP contribution in [0.5, 0.6) is 0 Å². The van der Waals surface area contributed by atoms with Crippen molar-refractivity contribution in [2.24, 2.45) is 10.9 Å². The van der Waals surface area contributed by atoms with Crippen LogP contribution in [0.4, 0.5) is 0 Å². The SMILES string of the molecule is CCNC(=NCc1ccon1)NCCC(OCC)C(C)C.I. The van der Waals surface area contributed by atoms with Crippen molar-refractivity contribution >= 4 is 29.9 Å². The molecule has 0 saturated heterocycles. The standard InChI is InChI=1S/C15H28N4O2.HI/c1-5-16-15(18-11-13-8-10-21-19-13)17-9-7-14(12(3)4)20-6-2;/h8,10,12,14H,5-7,9,11H2,1-4H3,(H2,16,17,18);1H. The van der Waals surface area contributed by atoms with Crippen molar-refractivity contribution in [1.29, 1.82) is 0 Å². The molecule has 0 aromatic carbocycles. The molecule has 0 bridgehead atoms. The molecule has 22 heavy (non-hydrogen) atoms. The van der Waals surface area contributed by atoms with E-state index in [0.717, 1.165) is 37.8 Å². The second-order valence-electron chi connectivity index (χ2n) is 5.14. The maximum atomic E-state index is 5.74. The van der Waals surface area contributed by atoms with E-state index in [9.17, 15) is 0 Å². The minimum absolute atomic E-state index is 0. The van der Waals surface area contributed by atoms with Crippen LogP contribution in [0.25, 0.3) is 0 Å². The topological polar surface area (TPSA) is 71.7 Å². The van der Waals surface area contributed by atoms with Gasteiger partial charge in [0.1, 0.15) is 12.0 Å². The zero-order chi connectivity index (χ0) is 15.5. The molecule has 1 rings (SSSR count). The second kappa shape index (κ2) is 12.7. The van der Waals surface area contributed by atoms with Crippen LogP contribution in [-0.4, -0.2) is 36.9 Å². The fourth-order valence-corrected chi connectivity index (χ4v) is 1.98. The van der Waals surface area contributed by atoms with Crippen molar-refractivity contribution in [3.63, 3.8) is 0 Å². The summed E-state index contributed by atoms with van der Waals surface area (Å²) in [6, 6.07) is 1.82. The van der Waals surface area contributed by atoms with Crippen LogP contribution in [-0.2, 0) is 11.3 Å². The maximum Gasteiger partial charge on any atom is 0.191 e. The molecule has 7 heteroatoms. The Labute approximate surface area is 150 Å². The molecule has 1 aromatic heterocycles. The van der Waals surface area contributed by atoms with Gasteiger partial charge in [-0.05, 0) is 26.2 Å². The van der Waals surface area contributed by atoms with Crippen LogP contribution in [0, 0.1) is 5.92 Å². The quantitative estimate of drug-likeness (QED) is 0.363. The Kier molecular flexibility index (Phi) is 12.2. The Morgan fingerprint density at radius 2 is 2.14 bits per heavy atom. The lowest BCUT2D eigenvalue weighted by Gasteiger charge is -2.21. The number of hydrogen-bond acceptors (Lipinski definition) is 4. The summed E-state index contributed by atoms with van der Waals surface area (Å²) in [6.45, 7) is 11.4. The van der Waals surface area contributed by atoms with Crippen molar-refractivity contribution in [3.05, 3.63) is 18.0 Å². The molecule has 0 aliphatic rings. The molecule has 0 amide bonds. The smallest absolute Gasteiger partial charge is 0.191 e. The molecule has 1 unspecified atom stereocenters. The number of halogens is 1. The van der Waals surface area contributed by atoms with Gasteiger partial charge in [-0.3, -0.25) is 0 Å². The highest BCUT2D eigenvalue weighted by atomic mass is 127. The largest absolute Gasteiger partial charge is 0.378 e. The third-order valence-electron chi connectivity index (χ3n) is 3.08. The molecule has 0 radical (unpaired) electrons. The number of rotatable bonds is 9. The van der Waals surface area contributed by atoms with E-state index in [4.69, 9.17) is 9.26 Å². The number of aromatic nitrogens is 1. The Bertz CT molecular complexity index is 396. The molecule has 1 atom stereocenters. The molecule has 1 heterocycles. The Morgan fingerprint density at radius 3 is 2.68 bits per heavy atom. The highest BCUT2D eigenvalue weighted by Gasteiger charge is 2.12. The number of nitrogens with zero attached hydrogens (tertiary/aromatic N) is 2. The van der Waals surface area contributed by atoms with Crippen LogP contribution in [0.3, 0.4) is 0 Å². The molecule has 128 valence electrons. The molecule has 6 nitrogen and oxygen atoms in total. The van der Waals surface area contributed by atoms with Crippen LogP contribution >= 0.6 is 24.0 Å². The van der Waals surface area contributed by atoms with Gasteiger partial charge >= 0.3 is 0 Å². The lowest BCUT2D eigenvalue weighted by molar-refractivity contribution is 0.0258. The van der Waals surface area contributed by atoms with Gasteiger partial charge in [-0.25, -0.2) is 4.99 Å². The summed E-state index contributed by atoms with van der Waals surface area (Å²) < 4.78 is 10.5. The van der Waals surface area contributed by atoms with Gasteiger partial charge in [0.2, 0.25) is 0 Å². The summed E-state index contributed by atoms with van der Waals surface area (Å²) in [4.78, 5) is 4.47. The summed E-state index contributed by atoms with van der Waals surface area (Å²) in [7, 11) is 0. The lowest BCUT2D eigenvalue weighted by atomic mass is 10.0. The predicted molar refractivity (Wildman–Crippen MR) is 99.6 cm³/mol. The number of nitrogens with one attached hydrogen (secondary N) is 2. The van der Waals surface area contributed by atoms with Crippen molar-refractivity contribution in [3.8, 4) is 0 Å². The number of aliphatic imine (C=N–C) groups is 1. The second-order valence-corrected chi connectivity index (χ2v) is 5.14. The summed E-state index contributed by atoms with van der Waals surface area (Å²) in [5, 5.41) is 10.4. The molecule has 0 aliphatic heterocycles. The number of ether oxygens (including phenoxy) is 1. The molecule has 1 aromatic rings. The molecule has 2 N–H and O–H groups in total. The highest BCUT2D eigenvalue weighted by Crippen LogP contribution is 2.09. The van der Waals surface area contributed by atoms with E-state index in [0.29, 0.717) is 12.5 Å². The first-order valence-corrected chi connectivity index (χ1v) is 7.70. The van der Waals surface area contributed by atoms with E-state index in [1.54, 1.807) is 6.26 Å². The van der Waals surface area contributed by atoms with Crippen LogP contribution < -0.4 is 10.6 Å². The lowest BCUT2D eigenvalue weighted by Crippen LogP contribution is -2.39. The molecule has 0 fully saturated rings. The molecular weight excluding hydrogens is 395 g/mol. The van der Waals surface area contributed by atoms with E-state index in [2.05, 4.69) is 34.6 Å². The van der Waals surface area contributed by atoms with Crippen LogP contribution in [0.1, 0.15) is 39.8 Å². The minimum Gasteiger partial charge on any atom is -0.378 e. The Hall–Kier alpha value is -0.830. The first-order chi connectivity index (χ1) is 10.2. The monoisotopic (exact) mass is 424 g/mol. The summed E-state index contributed by atoms with van der Waals surface area (Å²) in [6.07, 6.45) is 2.79. The van der Waals surface area contributed by atoms with Crippen LogP contribution in [0.2, 0.25) is 0 Å². The maximum absolute atomic E-state index is 5.74. The van der Waals surface area contributed by atoms with Gasteiger partial charge < -0.3 is 19.9 Å². The molecule has 0 spiro atoms. The van der Waals surface area contributed by atoms with E-state index >= 15 is 0 Å². The van der Waals surface area contributed by atoms with Gasteiger partial charge in [0.25, 0.3) is 0 Å². The first kappa shape index (κ1) is 21.2. The zero-order valence-corrected chi connectivity index (χ0v) is 16.3. The average Bonchev–Trinajstić information content (AvgIpc) is 2.96. The normalized spacial score (nSPS) is 12.9. The van der Waals surface area contributed by atoms with E-state index < -0.39 is 0 Å². The highest BCUT2D eigenvalue weighted by molar-refractivity contribution is 14.0. The zero-order valence-electron chi connectivity index (χ0n) is 14.0. The average molecular weight is 424 g/mol. The fourth-order valence-electron chi connectivity index (χ4n) is 1.98.